The van der Waals surface area contributed by atoms with Crippen molar-refractivity contribution >= 4 is 17.4 Å². The average molecular weight is 394 g/mol. The molecular weight excluding hydrogens is 370 g/mol. The van der Waals surface area contributed by atoms with Crippen LogP contribution < -0.4 is 9.54 Å². The van der Waals surface area contributed by atoms with Crippen LogP contribution in [0.5, 0.6) is 5.75 Å². The van der Waals surface area contributed by atoms with Crippen molar-refractivity contribution in [1.29, 1.82) is 0 Å². The van der Waals surface area contributed by atoms with Gasteiger partial charge in [-0.05, 0) is 49.6 Å². The number of benzene rings is 2. The van der Waals surface area contributed by atoms with Crippen LogP contribution in [0.2, 0.25) is 0 Å². The standard InChI is InChI=1S/C22H23N3O2S/c1-17-15-25(22(28-17)23-21(26)24-13-5-6-14-24)19-9-11-20(12-10-19)27-16-18-7-3-2-4-8-18/h2-4,7-12,15H,5-6,13-14,16H2,1H3/b23-22-. The van der Waals surface area contributed by atoms with Gasteiger partial charge in [0.1, 0.15) is 12.4 Å². The fourth-order valence-electron chi connectivity index (χ4n) is 3.22. The van der Waals surface area contributed by atoms with Crippen LogP contribution in [0.1, 0.15) is 23.3 Å². The van der Waals surface area contributed by atoms with Crippen molar-refractivity contribution in [2.75, 3.05) is 13.1 Å². The van der Waals surface area contributed by atoms with Crippen LogP contribution in [0.15, 0.2) is 65.8 Å². The molecule has 0 aliphatic carbocycles. The molecule has 1 fully saturated rings. The van der Waals surface area contributed by atoms with E-state index in [9.17, 15) is 4.79 Å². The van der Waals surface area contributed by atoms with E-state index in [0.717, 1.165) is 47.8 Å². The summed E-state index contributed by atoms with van der Waals surface area (Å²) in [6.07, 6.45) is 4.14. The Hall–Kier alpha value is -2.86. The van der Waals surface area contributed by atoms with Gasteiger partial charge in [0.2, 0.25) is 0 Å². The maximum absolute atomic E-state index is 12.4. The molecule has 0 saturated carbocycles. The Labute approximate surface area is 168 Å². The number of thiazole rings is 1. The molecule has 28 heavy (non-hydrogen) atoms. The lowest BCUT2D eigenvalue weighted by atomic mass is 10.2. The van der Waals surface area contributed by atoms with Crippen molar-refractivity contribution < 1.29 is 9.53 Å². The topological polar surface area (TPSA) is 46.8 Å². The van der Waals surface area contributed by atoms with E-state index in [1.807, 2.05) is 77.2 Å². The van der Waals surface area contributed by atoms with Gasteiger partial charge in [-0.1, -0.05) is 30.3 Å². The van der Waals surface area contributed by atoms with E-state index < -0.39 is 0 Å². The molecule has 1 aliphatic heterocycles. The van der Waals surface area contributed by atoms with Crippen LogP contribution in [0, 0.1) is 6.92 Å². The fraction of sp³-hybridized carbons (Fsp3) is 0.273. The Morgan fingerprint density at radius 1 is 1.07 bits per heavy atom. The Balaban J connectivity index is 1.52. The number of aryl methyl sites for hydroxylation is 1. The first-order chi connectivity index (χ1) is 13.7. The number of hydrogen-bond donors (Lipinski definition) is 0. The van der Waals surface area contributed by atoms with E-state index in [1.54, 1.807) is 0 Å². The summed E-state index contributed by atoms with van der Waals surface area (Å²) in [6, 6.07) is 17.8. The summed E-state index contributed by atoms with van der Waals surface area (Å²) in [4.78, 5) is 20.4. The molecule has 1 aliphatic rings. The summed E-state index contributed by atoms with van der Waals surface area (Å²) < 4.78 is 7.83. The lowest BCUT2D eigenvalue weighted by Gasteiger charge is -2.11. The Bertz CT molecular complexity index is 1000. The van der Waals surface area contributed by atoms with Gasteiger partial charge in [0.15, 0.2) is 4.80 Å². The van der Waals surface area contributed by atoms with Gasteiger partial charge in [-0.2, -0.15) is 4.99 Å². The second-order valence-electron chi connectivity index (χ2n) is 6.85. The van der Waals surface area contributed by atoms with Crippen LogP contribution in [0.3, 0.4) is 0 Å². The van der Waals surface area contributed by atoms with Crippen LogP contribution in [-0.4, -0.2) is 28.6 Å². The zero-order valence-corrected chi connectivity index (χ0v) is 16.7. The minimum Gasteiger partial charge on any atom is -0.489 e. The number of ether oxygens (including phenoxy) is 1. The molecular formula is C22H23N3O2S. The van der Waals surface area contributed by atoms with Crippen LogP contribution >= 0.6 is 11.3 Å². The first-order valence-corrected chi connectivity index (χ1v) is 10.3. The zero-order valence-electron chi connectivity index (χ0n) is 15.9. The predicted octanol–water partition coefficient (Wildman–Crippen LogP) is 4.54. The molecule has 0 spiro atoms. The van der Waals surface area contributed by atoms with Crippen molar-refractivity contribution in [3.63, 3.8) is 0 Å². The second-order valence-corrected chi connectivity index (χ2v) is 8.06. The highest BCUT2D eigenvalue weighted by Gasteiger charge is 2.17. The van der Waals surface area contributed by atoms with Gasteiger partial charge in [0.25, 0.3) is 0 Å². The van der Waals surface area contributed by atoms with Gasteiger partial charge >= 0.3 is 6.03 Å². The molecule has 5 nitrogen and oxygen atoms in total. The number of urea groups is 1. The molecule has 144 valence electrons. The van der Waals surface area contributed by atoms with E-state index in [2.05, 4.69) is 4.99 Å². The molecule has 2 aromatic carbocycles. The lowest BCUT2D eigenvalue weighted by molar-refractivity contribution is 0.218. The average Bonchev–Trinajstić information content (AvgIpc) is 3.38. The highest BCUT2D eigenvalue weighted by molar-refractivity contribution is 7.09. The smallest absolute Gasteiger partial charge is 0.346 e. The number of hydrogen-bond acceptors (Lipinski definition) is 3. The molecule has 6 heteroatoms. The predicted molar refractivity (Wildman–Crippen MR) is 111 cm³/mol. The lowest BCUT2D eigenvalue weighted by Crippen LogP contribution is -2.27. The number of amides is 2. The molecule has 2 amide bonds. The number of carbonyl (C=O) groups excluding carboxylic acids is 1. The number of likely N-dealkylation sites (tertiary alicyclic amines) is 1. The van der Waals surface area contributed by atoms with Crippen molar-refractivity contribution in [3.05, 3.63) is 76.0 Å². The summed E-state index contributed by atoms with van der Waals surface area (Å²) in [7, 11) is 0. The van der Waals surface area contributed by atoms with Gasteiger partial charge in [-0.15, -0.1) is 11.3 Å². The summed E-state index contributed by atoms with van der Waals surface area (Å²) in [6.45, 7) is 4.17. The van der Waals surface area contributed by atoms with E-state index in [4.69, 9.17) is 4.74 Å². The van der Waals surface area contributed by atoms with E-state index >= 15 is 0 Å². The highest BCUT2D eigenvalue weighted by Crippen LogP contribution is 2.17. The maximum atomic E-state index is 12.4. The summed E-state index contributed by atoms with van der Waals surface area (Å²) in [5.74, 6) is 0.812. The summed E-state index contributed by atoms with van der Waals surface area (Å²) in [5.41, 5.74) is 2.10. The maximum Gasteiger partial charge on any atom is 0.346 e. The second kappa shape index (κ2) is 8.44. The van der Waals surface area contributed by atoms with Gasteiger partial charge < -0.3 is 9.64 Å². The first-order valence-electron chi connectivity index (χ1n) is 9.49. The minimum absolute atomic E-state index is 0.143. The Morgan fingerprint density at radius 3 is 2.50 bits per heavy atom. The number of rotatable bonds is 4. The van der Waals surface area contributed by atoms with Gasteiger partial charge in [0.05, 0.1) is 0 Å². The zero-order chi connectivity index (χ0) is 19.3. The van der Waals surface area contributed by atoms with E-state index in [-0.39, 0.29) is 6.03 Å². The third-order valence-corrected chi connectivity index (χ3v) is 5.60. The largest absolute Gasteiger partial charge is 0.489 e. The Kier molecular flexibility index (Phi) is 5.58. The van der Waals surface area contributed by atoms with E-state index in [1.165, 1.54) is 11.3 Å². The number of nitrogens with zero attached hydrogens (tertiary/aromatic N) is 3. The molecule has 1 aromatic heterocycles. The van der Waals surface area contributed by atoms with Crippen LogP contribution in [-0.2, 0) is 6.61 Å². The van der Waals surface area contributed by atoms with Crippen molar-refractivity contribution in [2.24, 2.45) is 4.99 Å². The molecule has 4 rings (SSSR count). The summed E-state index contributed by atoms with van der Waals surface area (Å²) in [5, 5.41) is 0. The fourth-order valence-corrected chi connectivity index (χ4v) is 4.05. The van der Waals surface area contributed by atoms with Gasteiger partial charge in [-0.3, -0.25) is 4.57 Å². The SMILES string of the molecule is Cc1cn(-c2ccc(OCc3ccccc3)cc2)/c(=N/C(=O)N2CCCC2)s1. The van der Waals surface area contributed by atoms with Crippen molar-refractivity contribution in [3.8, 4) is 11.4 Å². The summed E-state index contributed by atoms with van der Waals surface area (Å²) >= 11 is 1.53. The molecule has 0 radical (unpaired) electrons. The highest BCUT2D eigenvalue weighted by atomic mass is 32.1. The normalized spacial score (nSPS) is 14.5. The third kappa shape index (κ3) is 4.34. The quantitative estimate of drug-likeness (QED) is 0.653. The van der Waals surface area contributed by atoms with Crippen LogP contribution in [0.25, 0.3) is 5.69 Å². The van der Waals surface area contributed by atoms with Gasteiger partial charge in [-0.25, -0.2) is 4.79 Å². The molecule has 0 atom stereocenters. The molecule has 1 saturated heterocycles. The van der Waals surface area contributed by atoms with E-state index in [0.29, 0.717) is 11.4 Å². The minimum atomic E-state index is -0.143. The molecule has 3 aromatic rings. The first kappa shape index (κ1) is 18.5. The van der Waals surface area contributed by atoms with Crippen molar-refractivity contribution in [2.45, 2.75) is 26.4 Å². The molecule has 0 N–H and O–H groups in total. The number of aromatic nitrogens is 1. The molecule has 0 bridgehead atoms. The van der Waals surface area contributed by atoms with Gasteiger partial charge in [0, 0.05) is 29.9 Å². The number of carbonyl (C=O) groups is 1. The Morgan fingerprint density at radius 2 is 1.79 bits per heavy atom. The van der Waals surface area contributed by atoms with Crippen LogP contribution in [0.4, 0.5) is 4.79 Å². The molecule has 0 unspecified atom stereocenters. The van der Waals surface area contributed by atoms with Crippen molar-refractivity contribution in [1.82, 2.24) is 9.47 Å². The third-order valence-electron chi connectivity index (χ3n) is 4.70. The molecule has 2 heterocycles. The monoisotopic (exact) mass is 393 g/mol.